The SMILES string of the molecule is O=c1c(O)c[nH]cc1C(F)F. The van der Waals surface area contributed by atoms with E-state index in [0.717, 1.165) is 12.4 Å². The summed E-state index contributed by atoms with van der Waals surface area (Å²) in [5.41, 5.74) is -1.75. The van der Waals surface area contributed by atoms with Gasteiger partial charge in [0.25, 0.3) is 6.43 Å². The number of rotatable bonds is 1. The van der Waals surface area contributed by atoms with Crippen LogP contribution in [-0.4, -0.2) is 10.1 Å². The van der Waals surface area contributed by atoms with Crippen LogP contribution in [0.4, 0.5) is 8.78 Å². The predicted octanol–water partition coefficient (Wildman–Crippen LogP) is 1.02. The molecule has 0 fully saturated rings. The van der Waals surface area contributed by atoms with Crippen molar-refractivity contribution in [2.75, 3.05) is 0 Å². The first kappa shape index (κ1) is 7.71. The molecule has 1 heterocycles. The second-order valence-electron chi connectivity index (χ2n) is 1.93. The second-order valence-corrected chi connectivity index (χ2v) is 1.93. The number of hydrogen-bond acceptors (Lipinski definition) is 2. The van der Waals surface area contributed by atoms with Crippen LogP contribution in [-0.2, 0) is 0 Å². The topological polar surface area (TPSA) is 53.1 Å². The molecule has 1 aromatic heterocycles. The molecule has 11 heavy (non-hydrogen) atoms. The highest BCUT2D eigenvalue weighted by molar-refractivity contribution is 5.22. The molecule has 0 aliphatic rings. The highest BCUT2D eigenvalue weighted by atomic mass is 19.3. The fourth-order valence-electron chi connectivity index (χ4n) is 0.651. The van der Waals surface area contributed by atoms with E-state index in [1.54, 1.807) is 0 Å². The van der Waals surface area contributed by atoms with E-state index in [4.69, 9.17) is 5.11 Å². The van der Waals surface area contributed by atoms with Gasteiger partial charge in [0.1, 0.15) is 0 Å². The normalized spacial score (nSPS) is 10.5. The van der Waals surface area contributed by atoms with Crippen LogP contribution in [0.3, 0.4) is 0 Å². The van der Waals surface area contributed by atoms with Crippen molar-refractivity contribution in [3.8, 4) is 5.75 Å². The van der Waals surface area contributed by atoms with Crippen LogP contribution in [0.25, 0.3) is 0 Å². The number of nitrogens with one attached hydrogen (secondary N) is 1. The van der Waals surface area contributed by atoms with Crippen LogP contribution in [0.5, 0.6) is 5.75 Å². The highest BCUT2D eigenvalue weighted by Gasteiger charge is 2.13. The zero-order valence-electron chi connectivity index (χ0n) is 5.34. The van der Waals surface area contributed by atoms with Crippen molar-refractivity contribution >= 4 is 0 Å². The third kappa shape index (κ3) is 1.36. The minimum absolute atomic E-state index is 0.692. The van der Waals surface area contributed by atoms with Gasteiger partial charge in [-0.25, -0.2) is 8.78 Å². The minimum Gasteiger partial charge on any atom is -0.503 e. The van der Waals surface area contributed by atoms with Crippen molar-refractivity contribution in [2.24, 2.45) is 0 Å². The van der Waals surface area contributed by atoms with E-state index in [2.05, 4.69) is 4.98 Å². The standard InChI is InChI=1S/C6H5F2NO2/c7-6(8)3-1-9-2-4(10)5(3)11/h1-2,6,10H,(H,9,11). The first-order chi connectivity index (χ1) is 5.13. The van der Waals surface area contributed by atoms with Crippen molar-refractivity contribution in [2.45, 2.75) is 6.43 Å². The van der Waals surface area contributed by atoms with Gasteiger partial charge in [-0.05, 0) is 0 Å². The molecule has 1 aromatic rings. The first-order valence-corrected chi connectivity index (χ1v) is 2.81. The lowest BCUT2D eigenvalue weighted by atomic mass is 10.3. The number of aromatic amines is 1. The van der Waals surface area contributed by atoms with E-state index in [1.165, 1.54) is 0 Å². The molecule has 0 saturated heterocycles. The molecule has 0 aromatic carbocycles. The Bertz CT molecular complexity index is 308. The van der Waals surface area contributed by atoms with Gasteiger partial charge in [0, 0.05) is 12.4 Å². The molecule has 5 heteroatoms. The molecule has 0 aliphatic carbocycles. The molecule has 0 radical (unpaired) electrons. The summed E-state index contributed by atoms with van der Waals surface area (Å²) in [5, 5.41) is 8.67. The fraction of sp³-hybridized carbons (Fsp3) is 0.167. The summed E-state index contributed by atoms with van der Waals surface area (Å²) in [7, 11) is 0. The molecule has 3 nitrogen and oxygen atoms in total. The molecule has 0 saturated carbocycles. The van der Waals surface area contributed by atoms with Gasteiger partial charge < -0.3 is 10.1 Å². The maximum absolute atomic E-state index is 11.9. The molecule has 60 valence electrons. The second kappa shape index (κ2) is 2.69. The summed E-state index contributed by atoms with van der Waals surface area (Å²) >= 11 is 0. The van der Waals surface area contributed by atoms with E-state index in [1.807, 2.05) is 0 Å². The molecule has 0 spiro atoms. The van der Waals surface area contributed by atoms with Gasteiger partial charge in [-0.15, -0.1) is 0 Å². The van der Waals surface area contributed by atoms with Crippen molar-refractivity contribution in [1.82, 2.24) is 4.98 Å². The summed E-state index contributed by atoms with van der Waals surface area (Å²) in [6, 6.07) is 0. The first-order valence-electron chi connectivity index (χ1n) is 2.81. The summed E-state index contributed by atoms with van der Waals surface area (Å²) < 4.78 is 23.8. The molecular weight excluding hydrogens is 156 g/mol. The van der Waals surface area contributed by atoms with Crippen molar-refractivity contribution in [3.05, 3.63) is 28.2 Å². The molecule has 0 aliphatic heterocycles. The van der Waals surface area contributed by atoms with Crippen molar-refractivity contribution < 1.29 is 13.9 Å². The van der Waals surface area contributed by atoms with Gasteiger partial charge in [-0.2, -0.15) is 0 Å². The summed E-state index contributed by atoms with van der Waals surface area (Å²) in [4.78, 5) is 12.9. The number of aromatic hydroxyl groups is 1. The number of pyridine rings is 1. The predicted molar refractivity (Wildman–Crippen MR) is 33.7 cm³/mol. The maximum atomic E-state index is 11.9. The lowest BCUT2D eigenvalue weighted by Crippen LogP contribution is -2.08. The van der Waals surface area contributed by atoms with E-state index < -0.39 is 23.2 Å². The Kier molecular flexibility index (Phi) is 1.89. The summed E-state index contributed by atoms with van der Waals surface area (Å²) in [6.07, 6.45) is -1.04. The average molecular weight is 161 g/mol. The van der Waals surface area contributed by atoms with Crippen LogP contribution in [0.2, 0.25) is 0 Å². The largest absolute Gasteiger partial charge is 0.503 e. The Morgan fingerprint density at radius 1 is 1.45 bits per heavy atom. The Labute approximate surface area is 60.3 Å². The van der Waals surface area contributed by atoms with Crippen molar-refractivity contribution in [1.29, 1.82) is 0 Å². The zero-order valence-corrected chi connectivity index (χ0v) is 5.34. The zero-order chi connectivity index (χ0) is 8.43. The molecule has 1 rings (SSSR count). The third-order valence-electron chi connectivity index (χ3n) is 1.19. The van der Waals surface area contributed by atoms with Gasteiger partial charge in [0.15, 0.2) is 5.75 Å². The maximum Gasteiger partial charge on any atom is 0.269 e. The van der Waals surface area contributed by atoms with Crippen LogP contribution in [0, 0.1) is 0 Å². The Balaban J connectivity index is 3.28. The highest BCUT2D eigenvalue weighted by Crippen LogP contribution is 2.14. The van der Waals surface area contributed by atoms with Gasteiger partial charge >= 0.3 is 0 Å². The van der Waals surface area contributed by atoms with Crippen LogP contribution in [0.15, 0.2) is 17.2 Å². The van der Waals surface area contributed by atoms with Gasteiger partial charge in [-0.1, -0.05) is 0 Å². The van der Waals surface area contributed by atoms with E-state index >= 15 is 0 Å². The van der Waals surface area contributed by atoms with E-state index in [0.29, 0.717) is 0 Å². The Morgan fingerprint density at radius 2 is 2.09 bits per heavy atom. The van der Waals surface area contributed by atoms with Crippen molar-refractivity contribution in [3.63, 3.8) is 0 Å². The monoisotopic (exact) mass is 161 g/mol. The van der Waals surface area contributed by atoms with Crippen LogP contribution in [0.1, 0.15) is 12.0 Å². The Hall–Kier alpha value is -1.39. The van der Waals surface area contributed by atoms with Gasteiger partial charge in [0.05, 0.1) is 5.56 Å². The molecule has 0 unspecified atom stereocenters. The van der Waals surface area contributed by atoms with E-state index in [9.17, 15) is 13.6 Å². The Morgan fingerprint density at radius 3 is 2.55 bits per heavy atom. The molecule has 2 N–H and O–H groups in total. The smallest absolute Gasteiger partial charge is 0.269 e. The molecule has 0 amide bonds. The fourth-order valence-corrected chi connectivity index (χ4v) is 0.651. The number of alkyl halides is 2. The number of hydrogen-bond donors (Lipinski definition) is 2. The van der Waals surface area contributed by atoms with E-state index in [-0.39, 0.29) is 0 Å². The molecular formula is C6H5F2NO2. The van der Waals surface area contributed by atoms with Gasteiger partial charge in [0.2, 0.25) is 5.43 Å². The summed E-state index contributed by atoms with van der Waals surface area (Å²) in [5.74, 6) is -0.692. The summed E-state index contributed by atoms with van der Waals surface area (Å²) in [6.45, 7) is 0. The lowest BCUT2D eigenvalue weighted by molar-refractivity contribution is 0.149. The number of H-pyrrole nitrogens is 1. The number of aromatic nitrogens is 1. The quantitative estimate of drug-likeness (QED) is 0.646. The molecule has 0 atom stereocenters. The van der Waals surface area contributed by atoms with Crippen LogP contribution >= 0.6 is 0 Å². The average Bonchev–Trinajstić information content (AvgIpc) is 1.94. The van der Waals surface area contributed by atoms with Gasteiger partial charge in [-0.3, -0.25) is 4.79 Å². The van der Waals surface area contributed by atoms with Crippen LogP contribution < -0.4 is 5.43 Å². The molecule has 0 bridgehead atoms. The third-order valence-corrected chi connectivity index (χ3v) is 1.19. The lowest BCUT2D eigenvalue weighted by Gasteiger charge is -1.97. The minimum atomic E-state index is -2.86. The number of halogens is 2.